The molecular weight excluding hydrogens is 246 g/mol. The minimum absolute atomic E-state index is 0.133. The van der Waals surface area contributed by atoms with Crippen molar-refractivity contribution >= 4 is 11.9 Å². The van der Waals surface area contributed by atoms with Gasteiger partial charge in [-0.05, 0) is 31.6 Å². The van der Waals surface area contributed by atoms with E-state index in [1.807, 2.05) is 0 Å². The molecule has 3 rings (SSSR count). The standard InChI is InChI=1S/C13H17N3O3/c1-16-10-6-7(4-8-2-3-11(17)14-8)5-9(10)12(15-16)13(18)19/h7-8H,2-6H2,1H3,(H,14,17)(H,18,19)/t7?,8-/m1/s1. The molecule has 2 atom stereocenters. The highest BCUT2D eigenvalue weighted by Gasteiger charge is 2.33. The number of hydrogen-bond donors (Lipinski definition) is 2. The maximum atomic E-state index is 11.2. The largest absolute Gasteiger partial charge is 0.476 e. The highest BCUT2D eigenvalue weighted by molar-refractivity contribution is 5.87. The SMILES string of the molecule is Cn1nc(C(=O)O)c2c1CC(C[C@H]1CCC(=O)N1)C2. The molecule has 0 spiro atoms. The fourth-order valence-corrected chi connectivity index (χ4v) is 3.30. The van der Waals surface area contributed by atoms with E-state index in [0.29, 0.717) is 12.3 Å². The lowest BCUT2D eigenvalue weighted by molar-refractivity contribution is -0.119. The smallest absolute Gasteiger partial charge is 0.356 e. The van der Waals surface area contributed by atoms with Gasteiger partial charge in [-0.2, -0.15) is 5.10 Å². The summed E-state index contributed by atoms with van der Waals surface area (Å²) in [6.07, 6.45) is 4.07. The molecule has 0 aromatic carbocycles. The van der Waals surface area contributed by atoms with E-state index in [-0.39, 0.29) is 17.6 Å². The van der Waals surface area contributed by atoms with E-state index >= 15 is 0 Å². The second-order valence-corrected chi connectivity index (χ2v) is 5.52. The topological polar surface area (TPSA) is 84.2 Å². The predicted octanol–water partition coefficient (Wildman–Crippen LogP) is 0.502. The molecule has 1 aliphatic heterocycles. The van der Waals surface area contributed by atoms with E-state index in [9.17, 15) is 9.59 Å². The minimum Gasteiger partial charge on any atom is -0.476 e. The predicted molar refractivity (Wildman–Crippen MR) is 66.8 cm³/mol. The highest BCUT2D eigenvalue weighted by Crippen LogP contribution is 2.32. The molecule has 1 aromatic heterocycles. The number of carboxylic acid groups (broad SMARTS) is 1. The lowest BCUT2D eigenvalue weighted by atomic mass is 9.96. The third-order valence-corrected chi connectivity index (χ3v) is 4.16. The molecule has 2 N–H and O–H groups in total. The lowest BCUT2D eigenvalue weighted by Crippen LogP contribution is -2.28. The van der Waals surface area contributed by atoms with Crippen molar-refractivity contribution in [3.05, 3.63) is 17.0 Å². The average molecular weight is 263 g/mol. The van der Waals surface area contributed by atoms with E-state index in [2.05, 4.69) is 10.4 Å². The summed E-state index contributed by atoms with van der Waals surface area (Å²) in [5, 5.41) is 16.2. The van der Waals surface area contributed by atoms with Crippen molar-refractivity contribution in [1.29, 1.82) is 0 Å². The normalized spacial score (nSPS) is 25.4. The van der Waals surface area contributed by atoms with Gasteiger partial charge in [-0.1, -0.05) is 0 Å². The van der Waals surface area contributed by atoms with Crippen molar-refractivity contribution in [3.8, 4) is 0 Å². The maximum absolute atomic E-state index is 11.2. The van der Waals surface area contributed by atoms with Crippen molar-refractivity contribution in [1.82, 2.24) is 15.1 Å². The average Bonchev–Trinajstić information content (AvgIpc) is 2.98. The van der Waals surface area contributed by atoms with Crippen LogP contribution in [-0.4, -0.2) is 32.8 Å². The Morgan fingerprint density at radius 3 is 2.95 bits per heavy atom. The number of carbonyl (C=O) groups is 2. The van der Waals surface area contributed by atoms with E-state index in [4.69, 9.17) is 5.11 Å². The second-order valence-electron chi connectivity index (χ2n) is 5.52. The molecule has 1 aliphatic carbocycles. The van der Waals surface area contributed by atoms with Crippen LogP contribution in [0.15, 0.2) is 0 Å². The van der Waals surface area contributed by atoms with Crippen molar-refractivity contribution in [3.63, 3.8) is 0 Å². The van der Waals surface area contributed by atoms with Crippen LogP contribution >= 0.6 is 0 Å². The molecule has 0 radical (unpaired) electrons. The number of aromatic nitrogens is 2. The molecule has 1 amide bonds. The molecule has 19 heavy (non-hydrogen) atoms. The number of rotatable bonds is 3. The lowest BCUT2D eigenvalue weighted by Gasteiger charge is -2.15. The van der Waals surface area contributed by atoms with Crippen LogP contribution in [0, 0.1) is 5.92 Å². The molecule has 1 saturated heterocycles. The highest BCUT2D eigenvalue weighted by atomic mass is 16.4. The van der Waals surface area contributed by atoms with Gasteiger partial charge in [0.2, 0.25) is 5.91 Å². The Morgan fingerprint density at radius 1 is 1.53 bits per heavy atom. The summed E-state index contributed by atoms with van der Waals surface area (Å²) in [5.41, 5.74) is 2.10. The number of fused-ring (bicyclic) bond motifs is 1. The molecule has 1 aromatic rings. The third kappa shape index (κ3) is 2.11. The molecule has 0 bridgehead atoms. The summed E-state index contributed by atoms with van der Waals surface area (Å²) in [7, 11) is 1.80. The summed E-state index contributed by atoms with van der Waals surface area (Å²) >= 11 is 0. The molecule has 2 aliphatic rings. The van der Waals surface area contributed by atoms with Gasteiger partial charge in [-0.15, -0.1) is 0 Å². The van der Waals surface area contributed by atoms with Crippen LogP contribution < -0.4 is 5.32 Å². The van der Waals surface area contributed by atoms with Crippen LogP contribution in [0.25, 0.3) is 0 Å². The number of hydrogen-bond acceptors (Lipinski definition) is 3. The summed E-state index contributed by atoms with van der Waals surface area (Å²) in [5.74, 6) is -0.402. The number of nitrogens with zero attached hydrogens (tertiary/aromatic N) is 2. The van der Waals surface area contributed by atoms with Crippen LogP contribution in [0.2, 0.25) is 0 Å². The summed E-state index contributed by atoms with van der Waals surface area (Å²) in [4.78, 5) is 22.3. The van der Waals surface area contributed by atoms with Gasteiger partial charge in [0.25, 0.3) is 0 Å². The number of carbonyl (C=O) groups excluding carboxylic acids is 1. The van der Waals surface area contributed by atoms with Gasteiger partial charge in [-0.25, -0.2) is 4.79 Å². The Morgan fingerprint density at radius 2 is 2.32 bits per heavy atom. The van der Waals surface area contributed by atoms with Crippen LogP contribution in [0.4, 0.5) is 0 Å². The molecule has 1 unspecified atom stereocenters. The first-order valence-corrected chi connectivity index (χ1v) is 6.62. The molecule has 102 valence electrons. The van der Waals surface area contributed by atoms with Gasteiger partial charge in [0.05, 0.1) is 0 Å². The third-order valence-electron chi connectivity index (χ3n) is 4.16. The van der Waals surface area contributed by atoms with Crippen LogP contribution in [0.5, 0.6) is 0 Å². The van der Waals surface area contributed by atoms with Crippen molar-refractivity contribution < 1.29 is 14.7 Å². The first-order chi connectivity index (χ1) is 9.04. The Labute approximate surface area is 110 Å². The first kappa shape index (κ1) is 12.2. The summed E-state index contributed by atoms with van der Waals surface area (Å²) in [6, 6.07) is 0.257. The second kappa shape index (κ2) is 4.36. The maximum Gasteiger partial charge on any atom is 0.356 e. The van der Waals surface area contributed by atoms with Gasteiger partial charge in [0.15, 0.2) is 5.69 Å². The number of nitrogens with one attached hydrogen (secondary N) is 1. The van der Waals surface area contributed by atoms with E-state index in [0.717, 1.165) is 36.9 Å². The Hall–Kier alpha value is -1.85. The molecule has 6 nitrogen and oxygen atoms in total. The number of carboxylic acids is 1. The van der Waals surface area contributed by atoms with Gasteiger partial charge in [0.1, 0.15) is 0 Å². The molecule has 1 fully saturated rings. The zero-order valence-electron chi connectivity index (χ0n) is 10.8. The number of amides is 1. The fourth-order valence-electron chi connectivity index (χ4n) is 3.30. The number of aryl methyl sites for hydroxylation is 1. The van der Waals surface area contributed by atoms with Crippen LogP contribution in [0.3, 0.4) is 0 Å². The van der Waals surface area contributed by atoms with Crippen molar-refractivity contribution in [2.75, 3.05) is 0 Å². The molecule has 0 saturated carbocycles. The Balaban J connectivity index is 1.72. The van der Waals surface area contributed by atoms with E-state index in [1.54, 1.807) is 11.7 Å². The van der Waals surface area contributed by atoms with E-state index < -0.39 is 5.97 Å². The quantitative estimate of drug-likeness (QED) is 0.831. The van der Waals surface area contributed by atoms with Gasteiger partial charge in [0, 0.05) is 30.8 Å². The minimum atomic E-state index is -0.952. The number of aromatic carboxylic acids is 1. The first-order valence-electron chi connectivity index (χ1n) is 6.62. The van der Waals surface area contributed by atoms with Gasteiger partial charge >= 0.3 is 5.97 Å². The van der Waals surface area contributed by atoms with Crippen molar-refractivity contribution in [2.24, 2.45) is 13.0 Å². The Bertz CT molecular complexity index is 550. The molecule has 6 heteroatoms. The van der Waals surface area contributed by atoms with Crippen LogP contribution in [-0.2, 0) is 24.7 Å². The molecule has 2 heterocycles. The monoisotopic (exact) mass is 263 g/mol. The Kier molecular flexibility index (Phi) is 2.80. The molecular formula is C13H17N3O3. The van der Waals surface area contributed by atoms with Crippen LogP contribution in [0.1, 0.15) is 41.0 Å². The van der Waals surface area contributed by atoms with E-state index in [1.165, 1.54) is 0 Å². The zero-order chi connectivity index (χ0) is 13.6. The summed E-state index contributed by atoms with van der Waals surface area (Å²) < 4.78 is 1.69. The fraction of sp³-hybridized carbons (Fsp3) is 0.615. The van der Waals surface area contributed by atoms with Gasteiger partial charge < -0.3 is 10.4 Å². The zero-order valence-corrected chi connectivity index (χ0v) is 10.8. The van der Waals surface area contributed by atoms with Gasteiger partial charge in [-0.3, -0.25) is 9.48 Å². The summed E-state index contributed by atoms with van der Waals surface area (Å²) in [6.45, 7) is 0. The van der Waals surface area contributed by atoms with Crippen molar-refractivity contribution in [2.45, 2.75) is 38.1 Å².